The summed E-state index contributed by atoms with van der Waals surface area (Å²) in [5.41, 5.74) is 2.38. The van der Waals surface area contributed by atoms with Gasteiger partial charge in [0.05, 0.1) is 6.61 Å². The minimum absolute atomic E-state index is 0. The molecule has 2 N–H and O–H groups in total. The van der Waals surface area contributed by atoms with Crippen molar-refractivity contribution in [1.29, 1.82) is 0 Å². The second-order valence-electron chi connectivity index (χ2n) is 5.51. The molecule has 138 valence electrons. The maximum atomic E-state index is 5.86. The highest BCUT2D eigenvalue weighted by atomic mass is 127. The molecule has 0 aliphatic carbocycles. The first-order valence-electron chi connectivity index (χ1n) is 8.37. The molecule has 1 aromatic carbocycles. The van der Waals surface area contributed by atoms with Crippen LogP contribution in [-0.2, 0) is 6.54 Å². The van der Waals surface area contributed by atoms with Crippen LogP contribution in [0.3, 0.4) is 0 Å². The molecule has 0 heterocycles. The van der Waals surface area contributed by atoms with E-state index in [-0.39, 0.29) is 24.0 Å². The third kappa shape index (κ3) is 9.61. The fraction of sp³-hybridized carbons (Fsp3) is 0.611. The van der Waals surface area contributed by atoms with Gasteiger partial charge in [-0.1, -0.05) is 19.1 Å². The van der Waals surface area contributed by atoms with E-state index in [0.29, 0.717) is 6.54 Å². The van der Waals surface area contributed by atoms with Crippen LogP contribution >= 0.6 is 35.7 Å². The van der Waals surface area contributed by atoms with Gasteiger partial charge in [-0.25, -0.2) is 0 Å². The SMILES string of the molecule is CCCOc1cc(C)ccc1CNC(=NC)NCCCCSC.I. The molecule has 0 unspecified atom stereocenters. The number of rotatable bonds is 10. The molecule has 0 saturated heterocycles. The van der Waals surface area contributed by atoms with Gasteiger partial charge < -0.3 is 15.4 Å². The third-order valence-electron chi connectivity index (χ3n) is 3.42. The van der Waals surface area contributed by atoms with Crippen LogP contribution in [0.1, 0.15) is 37.3 Å². The summed E-state index contributed by atoms with van der Waals surface area (Å²) in [6.07, 6.45) is 5.56. The van der Waals surface area contributed by atoms with Crippen molar-refractivity contribution in [3.05, 3.63) is 29.3 Å². The first-order valence-corrected chi connectivity index (χ1v) is 9.76. The van der Waals surface area contributed by atoms with E-state index >= 15 is 0 Å². The van der Waals surface area contributed by atoms with Crippen molar-refractivity contribution in [3.63, 3.8) is 0 Å². The van der Waals surface area contributed by atoms with E-state index in [1.807, 2.05) is 11.8 Å². The summed E-state index contributed by atoms with van der Waals surface area (Å²) >= 11 is 1.90. The Morgan fingerprint density at radius 3 is 2.71 bits per heavy atom. The number of thioether (sulfide) groups is 1. The van der Waals surface area contributed by atoms with Crippen LogP contribution in [0.25, 0.3) is 0 Å². The molecular weight excluding hydrogens is 433 g/mol. The summed E-state index contributed by atoms with van der Waals surface area (Å²) < 4.78 is 5.86. The molecule has 1 aromatic rings. The van der Waals surface area contributed by atoms with Crippen LogP contribution in [-0.4, -0.2) is 38.2 Å². The number of aliphatic imine (C=N–C) groups is 1. The predicted molar refractivity (Wildman–Crippen MR) is 118 cm³/mol. The van der Waals surface area contributed by atoms with Gasteiger partial charge in [-0.2, -0.15) is 11.8 Å². The van der Waals surface area contributed by atoms with E-state index < -0.39 is 0 Å². The lowest BCUT2D eigenvalue weighted by Crippen LogP contribution is -2.37. The van der Waals surface area contributed by atoms with E-state index in [0.717, 1.165) is 43.3 Å². The highest BCUT2D eigenvalue weighted by Crippen LogP contribution is 2.20. The Bertz CT molecular complexity index is 483. The highest BCUT2D eigenvalue weighted by Gasteiger charge is 2.05. The lowest BCUT2D eigenvalue weighted by molar-refractivity contribution is 0.313. The van der Waals surface area contributed by atoms with Gasteiger partial charge in [0.15, 0.2) is 5.96 Å². The molecule has 0 atom stereocenters. The van der Waals surface area contributed by atoms with Gasteiger partial charge in [-0.15, -0.1) is 24.0 Å². The summed E-state index contributed by atoms with van der Waals surface area (Å²) in [5.74, 6) is 3.03. The fourth-order valence-corrected chi connectivity index (χ4v) is 2.62. The van der Waals surface area contributed by atoms with E-state index in [2.05, 4.69) is 53.9 Å². The zero-order valence-electron chi connectivity index (χ0n) is 15.4. The number of halogens is 1. The average molecular weight is 465 g/mol. The predicted octanol–water partition coefficient (Wildman–Crippen LogP) is 4.21. The molecule has 0 amide bonds. The minimum atomic E-state index is 0. The van der Waals surface area contributed by atoms with Gasteiger partial charge in [0.2, 0.25) is 0 Å². The van der Waals surface area contributed by atoms with Crippen LogP contribution in [0.15, 0.2) is 23.2 Å². The van der Waals surface area contributed by atoms with Crippen LogP contribution in [0.5, 0.6) is 5.75 Å². The Kier molecular flexibility index (Phi) is 14.3. The Morgan fingerprint density at radius 2 is 2.04 bits per heavy atom. The number of hydrogen-bond donors (Lipinski definition) is 2. The summed E-state index contributed by atoms with van der Waals surface area (Å²) in [5, 5.41) is 6.73. The van der Waals surface area contributed by atoms with Gasteiger partial charge in [-0.3, -0.25) is 4.99 Å². The van der Waals surface area contributed by atoms with Crippen molar-refractivity contribution in [1.82, 2.24) is 10.6 Å². The zero-order chi connectivity index (χ0) is 16.9. The number of nitrogens with zero attached hydrogens (tertiary/aromatic N) is 1. The molecule has 0 saturated carbocycles. The van der Waals surface area contributed by atoms with Crippen LogP contribution < -0.4 is 15.4 Å². The fourth-order valence-electron chi connectivity index (χ4n) is 2.13. The monoisotopic (exact) mass is 465 g/mol. The summed E-state index contributed by atoms with van der Waals surface area (Å²) in [4.78, 5) is 4.28. The Morgan fingerprint density at radius 1 is 1.25 bits per heavy atom. The quantitative estimate of drug-likeness (QED) is 0.235. The molecule has 24 heavy (non-hydrogen) atoms. The molecule has 1 rings (SSSR count). The van der Waals surface area contributed by atoms with Gasteiger partial charge in [-0.05, 0) is 49.8 Å². The number of unbranched alkanes of at least 4 members (excludes halogenated alkanes) is 1. The van der Waals surface area contributed by atoms with E-state index in [4.69, 9.17) is 4.74 Å². The Hall–Kier alpha value is -0.630. The van der Waals surface area contributed by atoms with E-state index in [9.17, 15) is 0 Å². The molecule has 0 radical (unpaired) electrons. The van der Waals surface area contributed by atoms with Crippen molar-refractivity contribution >= 4 is 41.7 Å². The highest BCUT2D eigenvalue weighted by molar-refractivity contribution is 14.0. The van der Waals surface area contributed by atoms with Crippen molar-refractivity contribution < 1.29 is 4.74 Å². The molecule has 0 bridgehead atoms. The largest absolute Gasteiger partial charge is 0.493 e. The number of guanidine groups is 1. The second kappa shape index (κ2) is 14.7. The molecular formula is C18H32IN3OS. The van der Waals surface area contributed by atoms with Gasteiger partial charge in [0.25, 0.3) is 0 Å². The Balaban J connectivity index is 0.00000529. The number of ether oxygens (including phenoxy) is 1. The molecule has 4 nitrogen and oxygen atoms in total. The Labute approximate surface area is 168 Å². The molecule has 0 fully saturated rings. The summed E-state index contributed by atoms with van der Waals surface area (Å²) in [7, 11) is 1.81. The number of aryl methyl sites for hydroxylation is 1. The van der Waals surface area contributed by atoms with Crippen LogP contribution in [0.4, 0.5) is 0 Å². The zero-order valence-corrected chi connectivity index (χ0v) is 18.5. The van der Waals surface area contributed by atoms with Crippen LogP contribution in [0, 0.1) is 6.92 Å². The molecule has 0 aromatic heterocycles. The molecule has 0 aliphatic heterocycles. The minimum Gasteiger partial charge on any atom is -0.493 e. The van der Waals surface area contributed by atoms with Gasteiger partial charge in [0, 0.05) is 25.7 Å². The van der Waals surface area contributed by atoms with Crippen molar-refractivity contribution in [2.45, 2.75) is 39.7 Å². The number of hydrogen-bond acceptors (Lipinski definition) is 3. The van der Waals surface area contributed by atoms with Crippen molar-refractivity contribution in [2.24, 2.45) is 4.99 Å². The standard InChI is InChI=1S/C18H31N3OS.HI/c1-5-11-22-17-13-15(2)8-9-16(17)14-21-18(19-3)20-10-6-7-12-23-4;/h8-9,13H,5-7,10-12,14H2,1-4H3,(H2,19,20,21);1H. The van der Waals surface area contributed by atoms with E-state index in [1.165, 1.54) is 17.7 Å². The lowest BCUT2D eigenvalue weighted by Gasteiger charge is -2.15. The first kappa shape index (κ1) is 23.4. The second-order valence-corrected chi connectivity index (χ2v) is 6.50. The smallest absolute Gasteiger partial charge is 0.191 e. The topological polar surface area (TPSA) is 45.6 Å². The molecule has 6 heteroatoms. The van der Waals surface area contributed by atoms with Crippen molar-refractivity contribution in [2.75, 3.05) is 32.2 Å². The lowest BCUT2D eigenvalue weighted by atomic mass is 10.1. The molecule has 0 spiro atoms. The normalized spacial score (nSPS) is 10.9. The van der Waals surface area contributed by atoms with Gasteiger partial charge in [0.1, 0.15) is 5.75 Å². The molecule has 0 aliphatic rings. The number of benzene rings is 1. The summed E-state index contributed by atoms with van der Waals surface area (Å²) in [6.45, 7) is 6.62. The number of nitrogens with one attached hydrogen (secondary N) is 2. The van der Waals surface area contributed by atoms with Crippen LogP contribution in [0.2, 0.25) is 0 Å². The maximum Gasteiger partial charge on any atom is 0.191 e. The van der Waals surface area contributed by atoms with Gasteiger partial charge >= 0.3 is 0 Å². The van der Waals surface area contributed by atoms with Crippen molar-refractivity contribution in [3.8, 4) is 5.75 Å². The maximum absolute atomic E-state index is 5.86. The summed E-state index contributed by atoms with van der Waals surface area (Å²) in [6, 6.07) is 6.35. The average Bonchev–Trinajstić information content (AvgIpc) is 2.56. The van der Waals surface area contributed by atoms with E-state index in [1.54, 1.807) is 7.05 Å². The third-order valence-corrected chi connectivity index (χ3v) is 4.12. The first-order chi connectivity index (χ1) is 11.2.